The number of carbonyl (C=O) groups excluding carboxylic acids is 2. The van der Waals surface area contributed by atoms with Gasteiger partial charge in [-0.05, 0) is 39.3 Å². The number of fused-ring (bicyclic) bond motifs is 3. The van der Waals surface area contributed by atoms with E-state index in [1.807, 2.05) is 0 Å². The minimum atomic E-state index is -1.67. The van der Waals surface area contributed by atoms with Crippen molar-refractivity contribution in [1.82, 2.24) is 0 Å². The Morgan fingerprint density at radius 2 is 2.11 bits per heavy atom. The third-order valence-electron chi connectivity index (χ3n) is 5.89. The molecule has 7 heteroatoms. The second-order valence-corrected chi connectivity index (χ2v) is 7.81. The molecule has 148 valence electrons. The number of aliphatic hydroxyl groups is 2. The highest BCUT2D eigenvalue weighted by Crippen LogP contribution is 2.48. The molecule has 0 aromatic carbocycles. The lowest BCUT2D eigenvalue weighted by atomic mass is 9.80. The summed E-state index contributed by atoms with van der Waals surface area (Å²) in [7, 11) is 0. The maximum Gasteiger partial charge on any atom is 0.334 e. The first kappa shape index (κ1) is 19.8. The van der Waals surface area contributed by atoms with E-state index in [9.17, 15) is 19.8 Å². The average Bonchev–Trinajstić information content (AvgIpc) is 2.99. The quantitative estimate of drug-likeness (QED) is 0.427. The smallest absolute Gasteiger partial charge is 0.334 e. The molecule has 2 N–H and O–H groups in total. The van der Waals surface area contributed by atoms with Crippen LogP contribution in [0.5, 0.6) is 0 Å². The molecule has 2 bridgehead atoms. The number of rotatable bonds is 2. The van der Waals surface area contributed by atoms with Crippen LogP contribution >= 0.6 is 0 Å². The molecule has 0 aromatic rings. The third kappa shape index (κ3) is 3.24. The van der Waals surface area contributed by atoms with Crippen LogP contribution in [0.25, 0.3) is 0 Å². The second kappa shape index (κ2) is 6.58. The number of carbonyl (C=O) groups is 2. The Kier molecular flexibility index (Phi) is 4.82. The molecule has 3 rings (SSSR count). The predicted octanol–water partition coefficient (Wildman–Crippen LogP) is 1.54. The molecular weight excluding hydrogens is 352 g/mol. The van der Waals surface area contributed by atoms with Crippen LogP contribution in [-0.4, -0.2) is 51.9 Å². The van der Waals surface area contributed by atoms with Gasteiger partial charge >= 0.3 is 11.9 Å². The molecule has 0 saturated carbocycles. The van der Waals surface area contributed by atoms with Crippen LogP contribution in [0, 0.1) is 5.92 Å². The van der Waals surface area contributed by atoms with Gasteiger partial charge in [0.15, 0.2) is 5.79 Å². The third-order valence-corrected chi connectivity index (χ3v) is 5.89. The van der Waals surface area contributed by atoms with Crippen LogP contribution in [-0.2, 0) is 23.8 Å². The van der Waals surface area contributed by atoms with Gasteiger partial charge in [-0.1, -0.05) is 12.7 Å². The minimum absolute atomic E-state index is 0.0212. The zero-order valence-corrected chi connectivity index (χ0v) is 16.0. The monoisotopic (exact) mass is 378 g/mol. The van der Waals surface area contributed by atoms with E-state index in [-0.39, 0.29) is 18.4 Å². The number of ether oxygens (including phenoxy) is 3. The van der Waals surface area contributed by atoms with Crippen LogP contribution in [0.15, 0.2) is 35.5 Å². The molecule has 2 fully saturated rings. The molecule has 3 aliphatic rings. The number of allylic oxidation sites excluding steroid dienone is 1. The van der Waals surface area contributed by atoms with Crippen molar-refractivity contribution in [1.29, 1.82) is 0 Å². The SMILES string of the molecule is C=C1C(=O)O[C@@H]2/C=C(/C)[C@@]3(O)C[C@H](O)[C@@](C)(C[C@@H](OC(=O)/C(C)=C/C)[C@@H]12)O3. The van der Waals surface area contributed by atoms with Gasteiger partial charge in [-0.15, -0.1) is 0 Å². The van der Waals surface area contributed by atoms with Crippen LogP contribution in [0.1, 0.15) is 40.5 Å². The van der Waals surface area contributed by atoms with Crippen molar-refractivity contribution in [3.8, 4) is 0 Å². The summed E-state index contributed by atoms with van der Waals surface area (Å²) < 4.78 is 17.0. The number of aliphatic hydroxyl groups excluding tert-OH is 1. The summed E-state index contributed by atoms with van der Waals surface area (Å²) in [6.45, 7) is 10.5. The fraction of sp³-hybridized carbons (Fsp3) is 0.600. The number of esters is 2. The fourth-order valence-corrected chi connectivity index (χ4v) is 3.94. The maximum absolute atomic E-state index is 12.4. The Bertz CT molecular complexity index is 751. The highest BCUT2D eigenvalue weighted by molar-refractivity contribution is 5.92. The summed E-state index contributed by atoms with van der Waals surface area (Å²) in [5, 5.41) is 21.4. The Morgan fingerprint density at radius 3 is 2.74 bits per heavy atom. The van der Waals surface area contributed by atoms with Gasteiger partial charge < -0.3 is 24.4 Å². The zero-order chi connectivity index (χ0) is 20.1. The molecule has 0 spiro atoms. The average molecular weight is 378 g/mol. The highest BCUT2D eigenvalue weighted by atomic mass is 16.7. The minimum Gasteiger partial charge on any atom is -0.458 e. The van der Waals surface area contributed by atoms with Crippen LogP contribution in [0.3, 0.4) is 0 Å². The standard InChI is InChI=1S/C20H26O7/c1-6-10(2)17(22)26-14-8-19(5)15(21)9-20(24,27-19)11(3)7-13-16(14)12(4)18(23)25-13/h6-7,13-16,21,24H,4,8-9H2,1-3,5H3/b10-6+,11-7-/t13-,14-,15+,16+,19-,20-/m1/s1. The molecule has 3 heterocycles. The molecule has 0 aliphatic carbocycles. The summed E-state index contributed by atoms with van der Waals surface area (Å²) in [4.78, 5) is 24.5. The molecule has 0 aromatic heterocycles. The number of hydrogen-bond donors (Lipinski definition) is 2. The van der Waals surface area contributed by atoms with E-state index in [4.69, 9.17) is 14.2 Å². The molecule has 0 radical (unpaired) electrons. The van der Waals surface area contributed by atoms with Crippen molar-refractivity contribution in [2.45, 2.75) is 70.2 Å². The molecule has 27 heavy (non-hydrogen) atoms. The van der Waals surface area contributed by atoms with Gasteiger partial charge in [-0.25, -0.2) is 9.59 Å². The molecule has 2 saturated heterocycles. The van der Waals surface area contributed by atoms with Gasteiger partial charge in [-0.2, -0.15) is 0 Å². The topological polar surface area (TPSA) is 102 Å². The van der Waals surface area contributed by atoms with Crippen molar-refractivity contribution in [3.05, 3.63) is 35.5 Å². The summed E-state index contributed by atoms with van der Waals surface area (Å²) in [5.41, 5.74) is -0.120. The Morgan fingerprint density at radius 1 is 1.44 bits per heavy atom. The largest absolute Gasteiger partial charge is 0.458 e. The molecule has 6 atom stereocenters. The van der Waals surface area contributed by atoms with Crippen molar-refractivity contribution < 1.29 is 34.0 Å². The lowest BCUT2D eigenvalue weighted by Crippen LogP contribution is -2.44. The summed E-state index contributed by atoms with van der Waals surface area (Å²) in [6.07, 6.45) is 0.753. The van der Waals surface area contributed by atoms with Crippen molar-refractivity contribution >= 4 is 11.9 Å². The molecule has 0 unspecified atom stereocenters. The second-order valence-electron chi connectivity index (χ2n) is 7.81. The first-order valence-corrected chi connectivity index (χ1v) is 9.04. The zero-order valence-electron chi connectivity index (χ0n) is 16.0. The molecule has 3 aliphatic heterocycles. The summed E-state index contributed by atoms with van der Waals surface area (Å²) >= 11 is 0. The van der Waals surface area contributed by atoms with Crippen LogP contribution < -0.4 is 0 Å². The molecule has 7 nitrogen and oxygen atoms in total. The van der Waals surface area contributed by atoms with E-state index >= 15 is 0 Å². The summed E-state index contributed by atoms with van der Waals surface area (Å²) in [5.74, 6) is -3.39. The highest BCUT2D eigenvalue weighted by Gasteiger charge is 2.58. The first-order valence-electron chi connectivity index (χ1n) is 9.04. The van der Waals surface area contributed by atoms with Crippen LogP contribution in [0.2, 0.25) is 0 Å². The van der Waals surface area contributed by atoms with E-state index in [0.29, 0.717) is 11.1 Å². The molecular formula is C20H26O7. The number of hydrogen-bond acceptors (Lipinski definition) is 7. The Labute approximate surface area is 158 Å². The lowest BCUT2D eigenvalue weighted by molar-refractivity contribution is -0.208. The summed E-state index contributed by atoms with van der Waals surface area (Å²) in [6, 6.07) is 0. The Hall–Kier alpha value is -1.96. The van der Waals surface area contributed by atoms with E-state index in [1.165, 1.54) is 0 Å². The van der Waals surface area contributed by atoms with E-state index in [1.54, 1.807) is 39.8 Å². The van der Waals surface area contributed by atoms with Crippen molar-refractivity contribution in [2.75, 3.05) is 0 Å². The van der Waals surface area contributed by atoms with Crippen molar-refractivity contribution in [2.24, 2.45) is 5.92 Å². The normalized spacial score (nSPS) is 43.8. The first-order chi connectivity index (χ1) is 12.5. The van der Waals surface area contributed by atoms with Gasteiger partial charge in [0.2, 0.25) is 0 Å². The van der Waals surface area contributed by atoms with E-state index in [2.05, 4.69) is 6.58 Å². The van der Waals surface area contributed by atoms with E-state index < -0.39 is 47.6 Å². The van der Waals surface area contributed by atoms with Gasteiger partial charge in [0.05, 0.1) is 17.6 Å². The maximum atomic E-state index is 12.4. The van der Waals surface area contributed by atoms with Crippen molar-refractivity contribution in [3.63, 3.8) is 0 Å². The molecule has 0 amide bonds. The van der Waals surface area contributed by atoms with Gasteiger partial charge in [0.1, 0.15) is 12.2 Å². The van der Waals surface area contributed by atoms with Gasteiger partial charge in [-0.3, -0.25) is 0 Å². The Balaban J connectivity index is 2.07. The predicted molar refractivity (Wildman–Crippen MR) is 95.3 cm³/mol. The lowest BCUT2D eigenvalue weighted by Gasteiger charge is -2.34. The van der Waals surface area contributed by atoms with E-state index in [0.717, 1.165) is 0 Å². The fourth-order valence-electron chi connectivity index (χ4n) is 3.94. The van der Waals surface area contributed by atoms with Gasteiger partial charge in [0.25, 0.3) is 0 Å². The van der Waals surface area contributed by atoms with Crippen LogP contribution in [0.4, 0.5) is 0 Å². The van der Waals surface area contributed by atoms with Gasteiger partial charge in [0, 0.05) is 24.0 Å².